The Morgan fingerprint density at radius 1 is 0.833 bits per heavy atom. The topological polar surface area (TPSA) is 81.3 Å². The van der Waals surface area contributed by atoms with E-state index in [0.717, 1.165) is 16.7 Å². The molecule has 6 rings (SSSR count). The van der Waals surface area contributed by atoms with Gasteiger partial charge in [0.25, 0.3) is 0 Å². The Morgan fingerprint density at radius 2 is 1.58 bits per heavy atom. The third kappa shape index (κ3) is 3.59. The van der Waals surface area contributed by atoms with Crippen LogP contribution in [0.15, 0.2) is 54.9 Å². The van der Waals surface area contributed by atoms with Gasteiger partial charge in [0.15, 0.2) is 23.1 Å². The first kappa shape index (κ1) is 22.2. The molecule has 4 heterocycles. The van der Waals surface area contributed by atoms with Crippen LogP contribution in [0.2, 0.25) is 0 Å². The number of rotatable bonds is 7. The fourth-order valence-corrected chi connectivity index (χ4v) is 4.54. The Labute approximate surface area is 207 Å². The number of nitrogens with zero attached hydrogens (tertiary/aromatic N) is 4. The molecule has 0 radical (unpaired) electrons. The normalized spacial score (nSPS) is 13.7. The van der Waals surface area contributed by atoms with Gasteiger partial charge in [-0.1, -0.05) is 6.07 Å². The molecule has 0 unspecified atom stereocenters. The number of hydrogen-bond acceptors (Lipinski definition) is 7. The van der Waals surface area contributed by atoms with Gasteiger partial charge < -0.3 is 28.3 Å². The molecule has 0 saturated carbocycles. The molecule has 0 bridgehead atoms. The van der Waals surface area contributed by atoms with Crippen molar-refractivity contribution in [2.45, 2.75) is 6.10 Å². The zero-order chi connectivity index (χ0) is 24.8. The molecule has 0 amide bonds. The number of benzene rings is 2. The zero-order valence-electron chi connectivity index (χ0n) is 20.5. The van der Waals surface area contributed by atoms with Crippen LogP contribution in [0.1, 0.15) is 0 Å². The van der Waals surface area contributed by atoms with Crippen molar-refractivity contribution in [2.24, 2.45) is 7.05 Å². The molecule has 0 atom stereocenters. The van der Waals surface area contributed by atoms with Crippen molar-refractivity contribution in [2.75, 3.05) is 34.5 Å². The molecular weight excluding hydrogens is 460 g/mol. The van der Waals surface area contributed by atoms with Gasteiger partial charge in [-0.3, -0.25) is 4.40 Å². The molecule has 9 heteroatoms. The predicted octanol–water partition coefficient (Wildman–Crippen LogP) is 4.36. The Hall–Kier alpha value is -4.24. The monoisotopic (exact) mass is 486 g/mol. The molecule has 3 aromatic heterocycles. The van der Waals surface area contributed by atoms with Crippen LogP contribution < -0.4 is 18.9 Å². The first-order valence-corrected chi connectivity index (χ1v) is 11.6. The lowest BCUT2D eigenvalue weighted by Gasteiger charge is -2.27. The van der Waals surface area contributed by atoms with Crippen LogP contribution in [0.25, 0.3) is 39.1 Å². The highest BCUT2D eigenvalue weighted by Crippen LogP contribution is 2.41. The Kier molecular flexibility index (Phi) is 5.41. The summed E-state index contributed by atoms with van der Waals surface area (Å²) in [6.45, 7) is 1.11. The van der Waals surface area contributed by atoms with Gasteiger partial charge in [-0.2, -0.15) is 0 Å². The molecule has 5 aromatic rings. The second-order valence-electron chi connectivity index (χ2n) is 8.70. The lowest BCUT2D eigenvalue weighted by molar-refractivity contribution is -0.0792. The van der Waals surface area contributed by atoms with Crippen molar-refractivity contribution in [3.8, 4) is 45.5 Å². The van der Waals surface area contributed by atoms with Crippen LogP contribution >= 0.6 is 0 Å². The summed E-state index contributed by atoms with van der Waals surface area (Å²) >= 11 is 0. The molecule has 9 nitrogen and oxygen atoms in total. The van der Waals surface area contributed by atoms with Crippen LogP contribution in [0.4, 0.5) is 0 Å². The zero-order valence-corrected chi connectivity index (χ0v) is 20.5. The Balaban J connectivity index is 1.54. The van der Waals surface area contributed by atoms with E-state index in [4.69, 9.17) is 23.7 Å². The third-order valence-corrected chi connectivity index (χ3v) is 6.51. The number of pyridine rings is 1. The largest absolute Gasteiger partial charge is 0.493 e. The summed E-state index contributed by atoms with van der Waals surface area (Å²) in [4.78, 5) is 0. The van der Waals surface area contributed by atoms with Gasteiger partial charge >= 0.3 is 0 Å². The van der Waals surface area contributed by atoms with E-state index in [9.17, 15) is 0 Å². The summed E-state index contributed by atoms with van der Waals surface area (Å²) in [7, 11) is 6.80. The highest BCUT2D eigenvalue weighted by Gasteiger charge is 2.24. The molecule has 2 aromatic carbocycles. The number of aromatic nitrogens is 4. The van der Waals surface area contributed by atoms with E-state index in [-0.39, 0.29) is 6.10 Å². The first-order chi connectivity index (χ1) is 17.6. The lowest BCUT2D eigenvalue weighted by atomic mass is 10.1. The summed E-state index contributed by atoms with van der Waals surface area (Å²) in [5.74, 6) is 2.87. The minimum Gasteiger partial charge on any atom is -0.493 e. The molecule has 1 saturated heterocycles. The highest BCUT2D eigenvalue weighted by atomic mass is 16.6. The van der Waals surface area contributed by atoms with Gasteiger partial charge in [-0.25, -0.2) is 0 Å². The van der Waals surface area contributed by atoms with Crippen LogP contribution in [0, 0.1) is 0 Å². The van der Waals surface area contributed by atoms with Crippen molar-refractivity contribution in [1.29, 1.82) is 0 Å². The molecule has 0 aliphatic carbocycles. The summed E-state index contributed by atoms with van der Waals surface area (Å²) in [5, 5.41) is 10.2. The van der Waals surface area contributed by atoms with E-state index in [1.807, 2.05) is 35.8 Å². The minimum absolute atomic E-state index is 0.0121. The van der Waals surface area contributed by atoms with Gasteiger partial charge in [0.05, 0.1) is 34.5 Å². The minimum atomic E-state index is -0.0121. The second-order valence-corrected chi connectivity index (χ2v) is 8.70. The van der Waals surface area contributed by atoms with Crippen LogP contribution in [-0.4, -0.2) is 59.8 Å². The number of fused-ring (bicyclic) bond motifs is 2. The number of ether oxygens (including phenoxy) is 5. The number of aryl methyl sites for hydroxylation is 1. The smallest absolute Gasteiger partial charge is 0.203 e. The van der Waals surface area contributed by atoms with Gasteiger partial charge in [-0.05, 0) is 42.0 Å². The summed E-state index contributed by atoms with van der Waals surface area (Å²) in [5.41, 5.74) is 4.61. The van der Waals surface area contributed by atoms with E-state index >= 15 is 0 Å². The van der Waals surface area contributed by atoms with Crippen molar-refractivity contribution in [3.05, 3.63) is 54.9 Å². The van der Waals surface area contributed by atoms with E-state index in [1.165, 1.54) is 10.9 Å². The van der Waals surface area contributed by atoms with Crippen LogP contribution in [-0.2, 0) is 11.8 Å². The van der Waals surface area contributed by atoms with Crippen molar-refractivity contribution >= 4 is 16.6 Å². The van der Waals surface area contributed by atoms with Gasteiger partial charge in [0, 0.05) is 41.5 Å². The Morgan fingerprint density at radius 3 is 2.25 bits per heavy atom. The molecule has 184 valence electrons. The van der Waals surface area contributed by atoms with Gasteiger partial charge in [0.2, 0.25) is 11.4 Å². The summed E-state index contributed by atoms with van der Waals surface area (Å²) < 4.78 is 32.3. The maximum absolute atomic E-state index is 6.27. The summed E-state index contributed by atoms with van der Waals surface area (Å²) in [6.07, 6.45) is 4.08. The highest BCUT2D eigenvalue weighted by molar-refractivity contribution is 5.86. The molecule has 0 spiro atoms. The van der Waals surface area contributed by atoms with Gasteiger partial charge in [-0.15, -0.1) is 10.2 Å². The molecule has 1 aliphatic heterocycles. The van der Waals surface area contributed by atoms with Crippen LogP contribution in [0.5, 0.6) is 23.0 Å². The molecule has 1 aliphatic rings. The van der Waals surface area contributed by atoms with Crippen molar-refractivity contribution < 1.29 is 23.7 Å². The fourth-order valence-electron chi connectivity index (χ4n) is 4.54. The van der Waals surface area contributed by atoms with E-state index in [0.29, 0.717) is 47.7 Å². The molecule has 36 heavy (non-hydrogen) atoms. The average Bonchev–Trinajstić information content (AvgIpc) is 3.48. The lowest BCUT2D eigenvalue weighted by Crippen LogP contribution is -2.38. The quantitative estimate of drug-likeness (QED) is 0.338. The van der Waals surface area contributed by atoms with E-state index in [1.54, 1.807) is 21.3 Å². The van der Waals surface area contributed by atoms with Crippen molar-refractivity contribution in [3.63, 3.8) is 0 Å². The molecule has 0 N–H and O–H groups in total. The van der Waals surface area contributed by atoms with Crippen molar-refractivity contribution in [1.82, 2.24) is 19.2 Å². The average molecular weight is 487 g/mol. The van der Waals surface area contributed by atoms with Gasteiger partial charge in [0.1, 0.15) is 6.10 Å². The van der Waals surface area contributed by atoms with E-state index in [2.05, 4.69) is 45.2 Å². The first-order valence-electron chi connectivity index (χ1n) is 11.6. The fraction of sp³-hybridized carbons (Fsp3) is 0.259. The Bertz CT molecular complexity index is 1560. The maximum atomic E-state index is 6.27. The predicted molar refractivity (Wildman–Crippen MR) is 135 cm³/mol. The SMILES string of the molecule is COc1cc(-c2nnc3c(OC4COC4)cc(-c4ccc5c(ccn5C)c4)cn23)cc(OC)c1OC. The molecule has 1 fully saturated rings. The maximum Gasteiger partial charge on any atom is 0.203 e. The number of methoxy groups -OCH3 is 3. The van der Waals surface area contributed by atoms with Crippen LogP contribution in [0.3, 0.4) is 0 Å². The van der Waals surface area contributed by atoms with E-state index < -0.39 is 0 Å². The standard InChI is InChI=1S/C27H26N4O5/c1-30-8-7-17-9-16(5-6-21(17)30)19-12-24(36-20-14-35-15-20)27-29-28-26(31(27)13-19)18-10-22(32-2)25(34-4)23(11-18)33-3/h5-13,20H,14-15H2,1-4H3. The third-order valence-electron chi connectivity index (χ3n) is 6.51. The second kappa shape index (κ2) is 8.76. The number of hydrogen-bond donors (Lipinski definition) is 0. The molecular formula is C27H26N4O5. The summed E-state index contributed by atoms with van der Waals surface area (Å²) in [6, 6.07) is 14.3.